The molecule has 1 N–H and O–H groups in total. The van der Waals surface area contributed by atoms with Gasteiger partial charge < -0.3 is 5.11 Å². The monoisotopic (exact) mass is 267 g/mol. The second kappa shape index (κ2) is 4.90. The molecule has 0 atom stereocenters. The Bertz CT molecular complexity index is 840. The summed E-state index contributed by atoms with van der Waals surface area (Å²) in [5.41, 5.74) is -0.730. The highest BCUT2D eigenvalue weighted by molar-refractivity contribution is 6.05. The first-order valence-electron chi connectivity index (χ1n) is 6.39. The van der Waals surface area contributed by atoms with Gasteiger partial charge in [-0.05, 0) is 22.9 Å². The molecule has 0 fully saturated rings. The fraction of sp³-hybridized carbons (Fsp3) is 0.125. The maximum Gasteiger partial charge on any atom is 0.261 e. The van der Waals surface area contributed by atoms with Gasteiger partial charge in [0.05, 0.1) is 13.2 Å². The molecule has 0 saturated carbocycles. The van der Waals surface area contributed by atoms with E-state index in [0.717, 1.165) is 15.3 Å². The topological polar surface area (TPSA) is 59.3 Å². The van der Waals surface area contributed by atoms with E-state index in [9.17, 15) is 9.59 Å². The summed E-state index contributed by atoms with van der Waals surface area (Å²) in [5, 5.41) is 11.6. The van der Waals surface area contributed by atoms with Crippen molar-refractivity contribution in [2.75, 3.05) is 6.61 Å². The van der Waals surface area contributed by atoms with E-state index >= 15 is 0 Å². The van der Waals surface area contributed by atoms with Crippen molar-refractivity contribution in [1.82, 2.24) is 4.57 Å². The molecule has 1 aromatic heterocycles. The summed E-state index contributed by atoms with van der Waals surface area (Å²) in [5.74, 6) is 0. The van der Waals surface area contributed by atoms with E-state index in [2.05, 4.69) is 0 Å². The molecule has 20 heavy (non-hydrogen) atoms. The molecule has 3 aromatic rings. The number of aliphatic hydroxyl groups excluding tert-OH is 1. The highest BCUT2D eigenvalue weighted by Gasteiger charge is 2.09. The van der Waals surface area contributed by atoms with E-state index in [1.807, 2.05) is 24.3 Å². The van der Waals surface area contributed by atoms with Crippen molar-refractivity contribution in [2.45, 2.75) is 6.54 Å². The first-order chi connectivity index (χ1) is 9.74. The van der Waals surface area contributed by atoms with Gasteiger partial charge in [-0.2, -0.15) is 0 Å². The maximum absolute atomic E-state index is 12.5. The van der Waals surface area contributed by atoms with Crippen LogP contribution in [0.3, 0.4) is 0 Å². The number of benzene rings is 2. The van der Waals surface area contributed by atoms with Gasteiger partial charge >= 0.3 is 0 Å². The first kappa shape index (κ1) is 12.6. The largest absolute Gasteiger partial charge is 0.395 e. The summed E-state index contributed by atoms with van der Waals surface area (Å²) >= 11 is 0. The zero-order valence-electron chi connectivity index (χ0n) is 10.7. The maximum atomic E-state index is 12.5. The third kappa shape index (κ3) is 1.82. The zero-order chi connectivity index (χ0) is 14.1. The van der Waals surface area contributed by atoms with Crippen LogP contribution in [0.25, 0.3) is 21.5 Å². The second-order valence-electron chi connectivity index (χ2n) is 4.58. The quantitative estimate of drug-likeness (QED) is 0.765. The molecular weight excluding hydrogens is 254 g/mol. The fourth-order valence-corrected chi connectivity index (χ4v) is 2.50. The van der Waals surface area contributed by atoms with E-state index in [-0.39, 0.29) is 24.3 Å². The SMILES string of the molecule is O=c1c2ccccc2c2ccccc2c(=O)n1CCO. The van der Waals surface area contributed by atoms with Crippen molar-refractivity contribution >= 4 is 21.5 Å². The third-order valence-corrected chi connectivity index (χ3v) is 3.42. The number of nitrogens with zero attached hydrogens (tertiary/aromatic N) is 1. The predicted molar refractivity (Wildman–Crippen MR) is 79.1 cm³/mol. The molecule has 0 bridgehead atoms. The van der Waals surface area contributed by atoms with Crippen LogP contribution in [-0.4, -0.2) is 16.3 Å². The van der Waals surface area contributed by atoms with E-state index in [1.165, 1.54) is 0 Å². The summed E-state index contributed by atoms with van der Waals surface area (Å²) in [6.45, 7) is -0.248. The van der Waals surface area contributed by atoms with Crippen LogP contribution in [0.2, 0.25) is 0 Å². The van der Waals surface area contributed by atoms with Crippen LogP contribution in [0, 0.1) is 0 Å². The molecule has 0 aliphatic heterocycles. The predicted octanol–water partition coefficient (Wildman–Crippen LogP) is 1.51. The van der Waals surface area contributed by atoms with Crippen molar-refractivity contribution in [3.8, 4) is 0 Å². The molecule has 100 valence electrons. The summed E-state index contributed by atoms with van der Waals surface area (Å²) in [7, 11) is 0. The van der Waals surface area contributed by atoms with Crippen LogP contribution in [0.5, 0.6) is 0 Å². The van der Waals surface area contributed by atoms with E-state index in [1.54, 1.807) is 24.3 Å². The molecule has 1 heterocycles. The Balaban J connectivity index is 2.71. The van der Waals surface area contributed by atoms with Crippen LogP contribution < -0.4 is 11.1 Å². The minimum Gasteiger partial charge on any atom is -0.395 e. The Morgan fingerprint density at radius 1 is 0.750 bits per heavy atom. The van der Waals surface area contributed by atoms with Gasteiger partial charge in [0.25, 0.3) is 11.1 Å². The first-order valence-corrected chi connectivity index (χ1v) is 6.39. The Kier molecular flexibility index (Phi) is 3.08. The normalized spacial score (nSPS) is 11.1. The molecule has 0 aliphatic rings. The minimum atomic E-state index is -0.365. The number of fused-ring (bicyclic) bond motifs is 3. The van der Waals surface area contributed by atoms with E-state index in [4.69, 9.17) is 5.11 Å². The zero-order valence-corrected chi connectivity index (χ0v) is 10.7. The molecule has 2 aromatic carbocycles. The smallest absolute Gasteiger partial charge is 0.261 e. The number of rotatable bonds is 2. The van der Waals surface area contributed by atoms with Crippen molar-refractivity contribution in [3.63, 3.8) is 0 Å². The Morgan fingerprint density at radius 2 is 1.15 bits per heavy atom. The highest BCUT2D eigenvalue weighted by atomic mass is 16.3. The van der Waals surface area contributed by atoms with Crippen molar-refractivity contribution < 1.29 is 5.11 Å². The fourth-order valence-electron chi connectivity index (χ4n) is 2.50. The minimum absolute atomic E-state index is 0.000333. The lowest BCUT2D eigenvalue weighted by Crippen LogP contribution is -2.31. The number of aliphatic hydroxyl groups is 1. The average molecular weight is 267 g/mol. The third-order valence-electron chi connectivity index (χ3n) is 3.42. The Morgan fingerprint density at radius 3 is 1.55 bits per heavy atom. The number of hydrogen-bond donors (Lipinski definition) is 1. The lowest BCUT2D eigenvalue weighted by Gasteiger charge is -1.98. The van der Waals surface area contributed by atoms with Gasteiger partial charge in [-0.15, -0.1) is 0 Å². The molecule has 0 unspecified atom stereocenters. The lowest BCUT2D eigenvalue weighted by molar-refractivity contribution is 0.273. The van der Waals surface area contributed by atoms with Gasteiger partial charge in [0.2, 0.25) is 0 Å². The van der Waals surface area contributed by atoms with E-state index in [0.29, 0.717) is 10.8 Å². The number of aromatic nitrogens is 1. The summed E-state index contributed by atoms with van der Waals surface area (Å²) in [6, 6.07) is 14.3. The standard InChI is InChI=1S/C16H13NO3/c18-10-9-17-15(19)13-7-3-1-5-11(13)12-6-2-4-8-14(12)16(17)20/h1-8,18H,9-10H2. The van der Waals surface area contributed by atoms with Crippen LogP contribution in [0.4, 0.5) is 0 Å². The van der Waals surface area contributed by atoms with Crippen molar-refractivity contribution in [2.24, 2.45) is 0 Å². The van der Waals surface area contributed by atoms with Crippen LogP contribution >= 0.6 is 0 Å². The van der Waals surface area contributed by atoms with Gasteiger partial charge in [0, 0.05) is 10.8 Å². The lowest BCUT2D eigenvalue weighted by atomic mass is 10.1. The molecule has 0 spiro atoms. The molecule has 0 saturated heterocycles. The van der Waals surface area contributed by atoms with Gasteiger partial charge in [-0.3, -0.25) is 14.2 Å². The molecule has 4 nitrogen and oxygen atoms in total. The summed E-state index contributed by atoms with van der Waals surface area (Å²) in [6.07, 6.45) is 0. The van der Waals surface area contributed by atoms with Crippen molar-refractivity contribution in [1.29, 1.82) is 0 Å². The molecular formula is C16H13NO3. The Hall–Kier alpha value is -2.46. The van der Waals surface area contributed by atoms with Gasteiger partial charge in [-0.1, -0.05) is 36.4 Å². The molecule has 0 radical (unpaired) electrons. The van der Waals surface area contributed by atoms with Crippen LogP contribution in [-0.2, 0) is 6.54 Å². The van der Waals surface area contributed by atoms with Crippen LogP contribution in [0.15, 0.2) is 58.1 Å². The summed E-state index contributed by atoms with van der Waals surface area (Å²) in [4.78, 5) is 25.0. The van der Waals surface area contributed by atoms with Gasteiger partial charge in [0.15, 0.2) is 0 Å². The van der Waals surface area contributed by atoms with E-state index < -0.39 is 0 Å². The van der Waals surface area contributed by atoms with Crippen molar-refractivity contribution in [3.05, 3.63) is 69.2 Å². The van der Waals surface area contributed by atoms with Gasteiger partial charge in [0.1, 0.15) is 0 Å². The summed E-state index contributed by atoms with van der Waals surface area (Å²) < 4.78 is 1.10. The highest BCUT2D eigenvalue weighted by Crippen LogP contribution is 2.18. The van der Waals surface area contributed by atoms with Gasteiger partial charge in [-0.25, -0.2) is 0 Å². The molecule has 0 amide bonds. The van der Waals surface area contributed by atoms with Crippen LogP contribution in [0.1, 0.15) is 0 Å². The number of hydrogen-bond acceptors (Lipinski definition) is 3. The average Bonchev–Trinajstić information content (AvgIpc) is 2.58. The second-order valence-corrected chi connectivity index (χ2v) is 4.58. The molecule has 4 heteroatoms. The molecule has 3 rings (SSSR count). The molecule has 0 aliphatic carbocycles. The Labute approximate surface area is 114 Å².